The Morgan fingerprint density at radius 1 is 1.30 bits per heavy atom. The molecule has 1 atom stereocenters. The molecular weight excluding hydrogens is 579 g/mol. The van der Waals surface area contributed by atoms with Crippen LogP contribution < -0.4 is 10.2 Å². The quantitative estimate of drug-likeness (QED) is 0.429. The number of amides is 4. The van der Waals surface area contributed by atoms with Crippen molar-refractivity contribution in [2.24, 2.45) is 0 Å². The standard InChI is InChI=1S/C20H25N5O4.Tl/c1-11(21-19(28)29-20(2,3)4)14-9-24-8-13(12-5-6-12)7-15(17(24)22-14)25-10-16(26)23-18(25)27;/h7-9,11-12H,5-6,10H2,1-4H3,(H2,21,23,26,27,28);/q;+1/p-1/t11-;/m1./s1. The Kier molecular flexibility index (Phi) is 5.27. The zero-order valence-corrected chi connectivity index (χ0v) is 22.0. The van der Waals surface area contributed by atoms with E-state index in [0.717, 1.165) is 18.4 Å². The van der Waals surface area contributed by atoms with Crippen LogP contribution in [0, 0.1) is 0 Å². The Hall–Kier alpha value is -2.18. The average Bonchev–Trinajstić information content (AvgIpc) is 3.35. The molecule has 30 heavy (non-hydrogen) atoms. The van der Waals surface area contributed by atoms with E-state index in [2.05, 4.69) is 5.32 Å². The SMILES string of the molecule is C[C@@H](NC(=O)OC(C)(C)C)c1cn2cc(C3CC3)cc(N3CC(=O)[N]([Tl])C3=O)c2n1. The van der Waals surface area contributed by atoms with Crippen molar-refractivity contribution in [3.05, 3.63) is 29.7 Å². The Labute approximate surface area is 190 Å². The number of carbonyl (C=O) groups excluding carboxylic acids is 3. The van der Waals surface area contributed by atoms with Crippen LogP contribution in [0.4, 0.5) is 15.3 Å². The normalized spacial score (nSPS) is 18.2. The number of imide groups is 1. The van der Waals surface area contributed by atoms with Crippen molar-refractivity contribution >= 4 is 55.4 Å². The Balaban J connectivity index is 1.68. The van der Waals surface area contributed by atoms with E-state index in [1.807, 2.05) is 50.6 Å². The molecule has 2 aromatic heterocycles. The second-order valence-corrected chi connectivity index (χ2v) is 10.8. The molecule has 0 spiro atoms. The van der Waals surface area contributed by atoms with E-state index in [-0.39, 0.29) is 50.6 Å². The molecule has 4 amide bonds. The van der Waals surface area contributed by atoms with Gasteiger partial charge in [-0.15, -0.1) is 0 Å². The first-order valence-electron chi connectivity index (χ1n) is 9.94. The van der Waals surface area contributed by atoms with E-state index < -0.39 is 11.7 Å². The van der Waals surface area contributed by atoms with Crippen molar-refractivity contribution in [2.45, 2.75) is 58.1 Å². The van der Waals surface area contributed by atoms with Crippen molar-refractivity contribution in [1.29, 1.82) is 0 Å². The van der Waals surface area contributed by atoms with Crippen LogP contribution in [-0.4, -0.2) is 68.3 Å². The van der Waals surface area contributed by atoms with Crippen LogP contribution in [0.3, 0.4) is 0 Å². The molecule has 1 N–H and O–H groups in total. The zero-order chi connectivity index (χ0) is 21.8. The number of fused-ring (bicyclic) bond motifs is 1. The third-order valence-electron chi connectivity index (χ3n) is 5.09. The van der Waals surface area contributed by atoms with E-state index in [9.17, 15) is 14.4 Å². The number of urea groups is 1. The minimum absolute atomic E-state index is 0.0347. The summed E-state index contributed by atoms with van der Waals surface area (Å²) in [5.74, 6) is 0.297. The van der Waals surface area contributed by atoms with Gasteiger partial charge in [0.2, 0.25) is 0 Å². The molecule has 1 aliphatic carbocycles. The molecule has 1 saturated carbocycles. The maximum atomic E-state index is 12.6. The summed E-state index contributed by atoms with van der Waals surface area (Å²) in [5.41, 5.74) is 2.42. The number of nitrogens with one attached hydrogen (secondary N) is 1. The number of ether oxygens (including phenoxy) is 1. The molecule has 2 aliphatic rings. The van der Waals surface area contributed by atoms with E-state index in [1.165, 1.54) is 7.61 Å². The van der Waals surface area contributed by atoms with Gasteiger partial charge < -0.3 is 0 Å². The number of rotatable bonds is 4. The number of anilines is 1. The summed E-state index contributed by atoms with van der Waals surface area (Å²) in [6.45, 7) is 7.29. The molecule has 2 fully saturated rings. The number of imidazole rings is 1. The number of carbonyl (C=O) groups is 3. The van der Waals surface area contributed by atoms with Gasteiger partial charge in [-0.05, 0) is 20.8 Å². The molecule has 0 bridgehead atoms. The van der Waals surface area contributed by atoms with Gasteiger partial charge in [-0.2, -0.15) is 0 Å². The average molecular weight is 603 g/mol. The van der Waals surface area contributed by atoms with Crippen LogP contribution in [0.15, 0.2) is 18.5 Å². The van der Waals surface area contributed by atoms with Crippen LogP contribution in [0.25, 0.3) is 5.65 Å². The third-order valence-corrected chi connectivity index (χ3v) is 7.07. The fourth-order valence-electron chi connectivity index (χ4n) is 3.43. The topological polar surface area (TPSA) is 96.2 Å². The van der Waals surface area contributed by atoms with Gasteiger partial charge >= 0.3 is 170 Å². The molecule has 4 rings (SSSR count). The predicted octanol–water partition coefficient (Wildman–Crippen LogP) is 2.65. The van der Waals surface area contributed by atoms with Crippen molar-refractivity contribution in [3.8, 4) is 0 Å². The van der Waals surface area contributed by atoms with Gasteiger partial charge in [0.05, 0.1) is 0 Å². The summed E-state index contributed by atoms with van der Waals surface area (Å²) < 4.78 is 8.51. The first-order chi connectivity index (χ1) is 14.0. The first-order valence-corrected chi connectivity index (χ1v) is 12.0. The summed E-state index contributed by atoms with van der Waals surface area (Å²) in [7, 11) is 0. The van der Waals surface area contributed by atoms with Gasteiger partial charge in [-0.1, -0.05) is 0 Å². The first kappa shape index (κ1) is 21.1. The van der Waals surface area contributed by atoms with Crippen molar-refractivity contribution in [2.75, 3.05) is 11.4 Å². The summed E-state index contributed by atoms with van der Waals surface area (Å²) in [5, 5.41) is 2.80. The molecule has 0 radical (unpaired) electrons. The van der Waals surface area contributed by atoms with Gasteiger partial charge in [-0.3, -0.25) is 0 Å². The summed E-state index contributed by atoms with van der Waals surface area (Å²) >= 11 is 0.121. The molecule has 1 saturated heterocycles. The monoisotopic (exact) mass is 603 g/mol. The van der Waals surface area contributed by atoms with E-state index in [1.54, 1.807) is 0 Å². The molecule has 0 unspecified atom stereocenters. The number of hydrogen-bond donors (Lipinski definition) is 1. The van der Waals surface area contributed by atoms with Crippen LogP contribution >= 0.6 is 0 Å². The van der Waals surface area contributed by atoms with Crippen LogP contribution in [0.2, 0.25) is 0 Å². The molecule has 1 aliphatic heterocycles. The number of pyridine rings is 1. The van der Waals surface area contributed by atoms with Crippen LogP contribution in [-0.2, 0) is 9.53 Å². The number of hydrogen-bond acceptors (Lipinski definition) is 5. The fraction of sp³-hybridized carbons (Fsp3) is 0.500. The molecule has 9 nitrogen and oxygen atoms in total. The van der Waals surface area contributed by atoms with Gasteiger partial charge in [-0.25, -0.2) is 0 Å². The Bertz CT molecular complexity index is 1040. The van der Waals surface area contributed by atoms with E-state index >= 15 is 0 Å². The molecule has 2 aromatic rings. The molecule has 0 aromatic carbocycles. The zero-order valence-electron chi connectivity index (χ0n) is 17.5. The summed E-state index contributed by atoms with van der Waals surface area (Å²) in [4.78, 5) is 43.1. The van der Waals surface area contributed by atoms with Crippen molar-refractivity contribution < 1.29 is 19.1 Å². The van der Waals surface area contributed by atoms with E-state index in [0.29, 0.717) is 22.9 Å². The summed E-state index contributed by atoms with van der Waals surface area (Å²) in [6.07, 6.45) is 5.60. The van der Waals surface area contributed by atoms with Crippen molar-refractivity contribution in [3.63, 3.8) is 0 Å². The molecule has 10 heteroatoms. The van der Waals surface area contributed by atoms with Gasteiger partial charge in [0.15, 0.2) is 0 Å². The van der Waals surface area contributed by atoms with Gasteiger partial charge in [0.1, 0.15) is 0 Å². The number of alkyl carbamates (subject to hydrolysis) is 1. The molecule has 156 valence electrons. The Morgan fingerprint density at radius 2 is 2.00 bits per heavy atom. The maximum absolute atomic E-state index is 12.6. The van der Waals surface area contributed by atoms with Gasteiger partial charge in [0.25, 0.3) is 0 Å². The molecule has 3 heterocycles. The molecular formula is C20H24N5O4Tl. The Morgan fingerprint density at radius 3 is 2.57 bits per heavy atom. The van der Waals surface area contributed by atoms with Crippen LogP contribution in [0.1, 0.15) is 63.8 Å². The van der Waals surface area contributed by atoms with Crippen molar-refractivity contribution in [1.82, 2.24) is 17.4 Å². The fourth-order valence-corrected chi connectivity index (χ4v) is 4.29. The van der Waals surface area contributed by atoms with Crippen LogP contribution in [0.5, 0.6) is 0 Å². The number of aromatic nitrogens is 2. The van der Waals surface area contributed by atoms with Gasteiger partial charge in [0, 0.05) is 0 Å². The second-order valence-electron chi connectivity index (χ2n) is 8.83. The second kappa shape index (κ2) is 7.50. The third kappa shape index (κ3) is 4.16. The minimum atomic E-state index is -0.590. The van der Waals surface area contributed by atoms with E-state index in [4.69, 9.17) is 9.72 Å². The number of nitrogens with zero attached hydrogens (tertiary/aromatic N) is 4. The summed E-state index contributed by atoms with van der Waals surface area (Å²) in [6, 6.07) is 1.30. The predicted molar refractivity (Wildman–Crippen MR) is 110 cm³/mol.